The lowest BCUT2D eigenvalue weighted by molar-refractivity contribution is -0.385. The minimum Gasteiger partial charge on any atom is -0.374 e. The molecule has 0 fully saturated rings. The lowest BCUT2D eigenvalue weighted by atomic mass is 10.1. The Labute approximate surface area is 120 Å². The second-order valence-electron chi connectivity index (χ2n) is 4.37. The van der Waals surface area contributed by atoms with Crippen molar-refractivity contribution in [3.63, 3.8) is 0 Å². The van der Waals surface area contributed by atoms with E-state index in [1.54, 1.807) is 23.5 Å². The summed E-state index contributed by atoms with van der Waals surface area (Å²) in [5, 5.41) is 12.8. The number of benzene rings is 1. The first-order valence-electron chi connectivity index (χ1n) is 6.09. The number of carbonyl (C=O) groups is 1. The molecular weight excluding hydrogens is 276 g/mol. The number of hydrogen-bond donors (Lipinski definition) is 0. The Bertz CT molecular complexity index is 611. The van der Waals surface area contributed by atoms with Crippen molar-refractivity contribution >= 4 is 29.0 Å². The Morgan fingerprint density at radius 3 is 2.80 bits per heavy atom. The normalized spacial score (nSPS) is 10.2. The molecule has 0 amide bonds. The van der Waals surface area contributed by atoms with Crippen LogP contribution in [0.5, 0.6) is 0 Å². The number of aldehydes is 1. The summed E-state index contributed by atoms with van der Waals surface area (Å²) < 4.78 is 0. The van der Waals surface area contributed by atoms with Gasteiger partial charge in [0.2, 0.25) is 0 Å². The number of thiophene rings is 1. The first-order valence-corrected chi connectivity index (χ1v) is 6.97. The van der Waals surface area contributed by atoms with Gasteiger partial charge in [-0.25, -0.2) is 0 Å². The van der Waals surface area contributed by atoms with Gasteiger partial charge in [-0.05, 0) is 30.0 Å². The van der Waals surface area contributed by atoms with Crippen LogP contribution in [0.25, 0.3) is 0 Å². The van der Waals surface area contributed by atoms with Crippen LogP contribution in [0.15, 0.2) is 35.7 Å². The summed E-state index contributed by atoms with van der Waals surface area (Å²) in [4.78, 5) is 24.4. The molecule has 0 aliphatic heterocycles. The van der Waals surface area contributed by atoms with Gasteiger partial charge >= 0.3 is 0 Å². The van der Waals surface area contributed by atoms with Crippen molar-refractivity contribution in [3.05, 3.63) is 56.3 Å². The third-order valence-electron chi connectivity index (χ3n) is 3.05. The third kappa shape index (κ3) is 3.21. The molecule has 104 valence electrons. The topological polar surface area (TPSA) is 63.4 Å². The number of hydrogen-bond acceptors (Lipinski definition) is 5. The summed E-state index contributed by atoms with van der Waals surface area (Å²) in [5.41, 5.74) is 0.750. The van der Waals surface area contributed by atoms with Crippen LogP contribution in [-0.4, -0.2) is 24.8 Å². The molecule has 0 bridgehead atoms. The average Bonchev–Trinajstić information content (AvgIpc) is 2.97. The molecule has 2 rings (SSSR count). The molecule has 20 heavy (non-hydrogen) atoms. The van der Waals surface area contributed by atoms with Crippen molar-refractivity contribution in [3.8, 4) is 0 Å². The zero-order chi connectivity index (χ0) is 14.5. The molecule has 0 radical (unpaired) electrons. The summed E-state index contributed by atoms with van der Waals surface area (Å²) in [7, 11) is 1.91. The second-order valence-corrected chi connectivity index (χ2v) is 5.40. The molecule has 1 aromatic heterocycles. The van der Waals surface area contributed by atoms with Gasteiger partial charge in [-0.2, -0.15) is 0 Å². The number of likely N-dealkylation sites (N-methyl/N-ethyl adjacent to an activating group) is 1. The van der Waals surface area contributed by atoms with Crippen LogP contribution in [0.2, 0.25) is 0 Å². The van der Waals surface area contributed by atoms with Gasteiger partial charge in [-0.1, -0.05) is 6.07 Å². The van der Waals surface area contributed by atoms with Crippen LogP contribution in [0, 0.1) is 10.1 Å². The van der Waals surface area contributed by atoms with E-state index in [0.29, 0.717) is 6.29 Å². The fourth-order valence-electron chi connectivity index (χ4n) is 1.90. The van der Waals surface area contributed by atoms with Gasteiger partial charge in [-0.15, -0.1) is 11.3 Å². The quantitative estimate of drug-likeness (QED) is 0.466. The Morgan fingerprint density at radius 2 is 2.20 bits per heavy atom. The molecule has 0 saturated carbocycles. The first-order chi connectivity index (χ1) is 9.61. The van der Waals surface area contributed by atoms with E-state index in [-0.39, 0.29) is 11.3 Å². The molecule has 0 saturated heterocycles. The van der Waals surface area contributed by atoms with E-state index >= 15 is 0 Å². The molecule has 2 aromatic rings. The highest BCUT2D eigenvalue weighted by Crippen LogP contribution is 2.23. The summed E-state index contributed by atoms with van der Waals surface area (Å²) in [6, 6.07) is 8.68. The molecule has 0 atom stereocenters. The lowest BCUT2D eigenvalue weighted by Crippen LogP contribution is -2.20. The maximum atomic E-state index is 10.9. The minimum absolute atomic E-state index is 0.107. The zero-order valence-corrected chi connectivity index (χ0v) is 11.8. The molecule has 6 heteroatoms. The van der Waals surface area contributed by atoms with Crippen molar-refractivity contribution in [2.75, 3.05) is 18.5 Å². The molecular formula is C14H14N2O3S. The fraction of sp³-hybridized carbons (Fsp3) is 0.214. The summed E-state index contributed by atoms with van der Waals surface area (Å²) >= 11 is 1.70. The molecule has 0 spiro atoms. The predicted octanol–water partition coefficient (Wildman–Crippen LogP) is 3.15. The van der Waals surface area contributed by atoms with Crippen LogP contribution in [0.4, 0.5) is 11.4 Å². The number of anilines is 1. The molecule has 0 aliphatic carbocycles. The van der Waals surface area contributed by atoms with E-state index in [4.69, 9.17) is 0 Å². The van der Waals surface area contributed by atoms with E-state index in [0.717, 1.165) is 18.7 Å². The standard InChI is InChI=1S/C14H14N2O3S/c1-15(7-6-13-3-2-8-20-13)12-4-5-14(16(18)19)11(9-12)10-17/h2-5,8-10H,6-7H2,1H3. The Hall–Kier alpha value is -2.21. The molecule has 0 unspecified atom stereocenters. The summed E-state index contributed by atoms with van der Waals surface area (Å²) in [6.07, 6.45) is 1.43. The SMILES string of the molecule is CN(CCc1cccs1)c1ccc([N+](=O)[O-])c(C=O)c1. The van der Waals surface area contributed by atoms with E-state index in [1.165, 1.54) is 10.9 Å². The van der Waals surface area contributed by atoms with Gasteiger partial charge in [0.25, 0.3) is 5.69 Å². The second kappa shape index (κ2) is 6.29. The predicted molar refractivity (Wildman–Crippen MR) is 79.8 cm³/mol. The van der Waals surface area contributed by atoms with Crippen molar-refractivity contribution < 1.29 is 9.72 Å². The number of carbonyl (C=O) groups excluding carboxylic acids is 1. The van der Waals surface area contributed by atoms with Gasteiger partial charge in [0, 0.05) is 30.2 Å². The molecule has 5 nitrogen and oxygen atoms in total. The summed E-state index contributed by atoms with van der Waals surface area (Å²) in [5.74, 6) is 0. The van der Waals surface area contributed by atoms with E-state index < -0.39 is 4.92 Å². The number of rotatable bonds is 6. The average molecular weight is 290 g/mol. The maximum absolute atomic E-state index is 10.9. The largest absolute Gasteiger partial charge is 0.374 e. The van der Waals surface area contributed by atoms with Gasteiger partial charge < -0.3 is 4.90 Å². The van der Waals surface area contributed by atoms with Crippen molar-refractivity contribution in [2.45, 2.75) is 6.42 Å². The smallest absolute Gasteiger partial charge is 0.280 e. The molecule has 0 aliphatic rings. The first kappa shape index (κ1) is 14.2. The maximum Gasteiger partial charge on any atom is 0.280 e. The molecule has 0 N–H and O–H groups in total. The van der Waals surface area contributed by atoms with Crippen LogP contribution in [-0.2, 0) is 6.42 Å². The lowest BCUT2D eigenvalue weighted by Gasteiger charge is -2.19. The number of nitrogens with zero attached hydrogens (tertiary/aromatic N) is 2. The van der Waals surface area contributed by atoms with Crippen molar-refractivity contribution in [1.82, 2.24) is 0 Å². The van der Waals surface area contributed by atoms with Gasteiger partial charge in [-0.3, -0.25) is 14.9 Å². The Kier molecular flexibility index (Phi) is 4.47. The fourth-order valence-corrected chi connectivity index (χ4v) is 2.60. The molecule has 1 aromatic carbocycles. The van der Waals surface area contributed by atoms with E-state index in [9.17, 15) is 14.9 Å². The number of nitro groups is 1. The highest BCUT2D eigenvalue weighted by Gasteiger charge is 2.14. The Morgan fingerprint density at radius 1 is 1.40 bits per heavy atom. The van der Waals surface area contributed by atoms with Crippen LogP contribution >= 0.6 is 11.3 Å². The van der Waals surface area contributed by atoms with Crippen molar-refractivity contribution in [2.24, 2.45) is 0 Å². The van der Waals surface area contributed by atoms with Crippen LogP contribution in [0.3, 0.4) is 0 Å². The van der Waals surface area contributed by atoms with Crippen LogP contribution in [0.1, 0.15) is 15.2 Å². The zero-order valence-electron chi connectivity index (χ0n) is 11.0. The third-order valence-corrected chi connectivity index (χ3v) is 3.99. The van der Waals surface area contributed by atoms with Gasteiger partial charge in [0.05, 0.1) is 10.5 Å². The summed E-state index contributed by atoms with van der Waals surface area (Å²) in [6.45, 7) is 0.788. The number of nitro benzene ring substituents is 1. The molecule has 1 heterocycles. The van der Waals surface area contributed by atoms with Gasteiger partial charge in [0.1, 0.15) is 0 Å². The van der Waals surface area contributed by atoms with E-state index in [2.05, 4.69) is 6.07 Å². The Balaban J connectivity index is 2.11. The van der Waals surface area contributed by atoms with Crippen molar-refractivity contribution in [1.29, 1.82) is 0 Å². The highest BCUT2D eigenvalue weighted by molar-refractivity contribution is 7.09. The minimum atomic E-state index is -0.542. The monoisotopic (exact) mass is 290 g/mol. The van der Waals surface area contributed by atoms with E-state index in [1.807, 2.05) is 23.4 Å². The highest BCUT2D eigenvalue weighted by atomic mass is 32.1. The van der Waals surface area contributed by atoms with Gasteiger partial charge in [0.15, 0.2) is 6.29 Å². The van der Waals surface area contributed by atoms with Crippen LogP contribution < -0.4 is 4.90 Å².